The normalized spacial score (nSPS) is 17.3. The largest absolute Gasteiger partial charge is 0.369 e. The van der Waals surface area contributed by atoms with Crippen LogP contribution in [-0.2, 0) is 0 Å². The zero-order valence-corrected chi connectivity index (χ0v) is 8.79. The molecule has 0 unspecified atom stereocenters. The molecule has 1 aromatic carbocycles. The van der Waals surface area contributed by atoms with E-state index in [9.17, 15) is 0 Å². The summed E-state index contributed by atoms with van der Waals surface area (Å²) in [7, 11) is 0. The molecule has 2 nitrogen and oxygen atoms in total. The predicted molar refractivity (Wildman–Crippen MR) is 64.2 cm³/mol. The van der Waals surface area contributed by atoms with E-state index in [-0.39, 0.29) is 0 Å². The van der Waals surface area contributed by atoms with Crippen LogP contribution in [0, 0.1) is 0 Å². The lowest BCUT2D eigenvalue weighted by molar-refractivity contribution is 0.752. The lowest BCUT2D eigenvalue weighted by Gasteiger charge is -2.10. The van der Waals surface area contributed by atoms with Crippen molar-refractivity contribution in [1.29, 1.82) is 0 Å². The average Bonchev–Trinajstić information content (AvgIpc) is 2.86. The Morgan fingerprint density at radius 3 is 2.73 bits per heavy atom. The molecule has 0 aliphatic heterocycles. The van der Waals surface area contributed by atoms with E-state index in [0.717, 1.165) is 0 Å². The first-order valence-corrected chi connectivity index (χ1v) is 5.76. The first-order chi connectivity index (χ1) is 7.42. The smallest absolute Gasteiger partial charge is 0.104 e. The minimum atomic E-state index is 0.679. The molecule has 78 valence electrons. The summed E-state index contributed by atoms with van der Waals surface area (Å²) < 4.78 is 0. The fourth-order valence-corrected chi connectivity index (χ4v) is 2.44. The Morgan fingerprint density at radius 1 is 1.13 bits per heavy atom. The second kappa shape index (κ2) is 3.61. The molecule has 15 heavy (non-hydrogen) atoms. The standard InChI is InChI=1S/C13H16N2/c1-4-8-12-10(5-1)9-13(15-12)14-11-6-2-3-7-11/h1,4-5,8-9,11,14-15H,2-3,6-7H2. The number of para-hydroxylation sites is 1. The van der Waals surface area contributed by atoms with E-state index < -0.39 is 0 Å². The molecule has 0 spiro atoms. The van der Waals surface area contributed by atoms with Crippen molar-refractivity contribution in [3.8, 4) is 0 Å². The van der Waals surface area contributed by atoms with Gasteiger partial charge in [-0.3, -0.25) is 0 Å². The van der Waals surface area contributed by atoms with E-state index in [1.54, 1.807) is 0 Å². The lowest BCUT2D eigenvalue weighted by atomic mass is 10.2. The van der Waals surface area contributed by atoms with Gasteiger partial charge in [0.15, 0.2) is 0 Å². The van der Waals surface area contributed by atoms with Crippen molar-refractivity contribution in [2.75, 3.05) is 5.32 Å². The highest BCUT2D eigenvalue weighted by atomic mass is 15.0. The molecule has 1 saturated carbocycles. The van der Waals surface area contributed by atoms with E-state index in [2.05, 4.69) is 40.6 Å². The van der Waals surface area contributed by atoms with Gasteiger partial charge in [-0.25, -0.2) is 0 Å². The third-order valence-corrected chi connectivity index (χ3v) is 3.24. The van der Waals surface area contributed by atoms with Crippen molar-refractivity contribution in [1.82, 2.24) is 4.98 Å². The number of benzene rings is 1. The van der Waals surface area contributed by atoms with Gasteiger partial charge >= 0.3 is 0 Å². The monoisotopic (exact) mass is 200 g/mol. The van der Waals surface area contributed by atoms with Crippen molar-refractivity contribution in [3.05, 3.63) is 30.3 Å². The number of nitrogens with one attached hydrogen (secondary N) is 2. The summed E-state index contributed by atoms with van der Waals surface area (Å²) in [6.07, 6.45) is 5.38. The Morgan fingerprint density at radius 2 is 1.93 bits per heavy atom. The fraction of sp³-hybridized carbons (Fsp3) is 0.385. The highest BCUT2D eigenvalue weighted by molar-refractivity contribution is 5.83. The molecule has 3 rings (SSSR count). The van der Waals surface area contributed by atoms with Crippen LogP contribution in [0.5, 0.6) is 0 Å². The van der Waals surface area contributed by atoms with Crippen LogP contribution in [0.1, 0.15) is 25.7 Å². The molecule has 0 radical (unpaired) electrons. The number of hydrogen-bond donors (Lipinski definition) is 2. The topological polar surface area (TPSA) is 27.8 Å². The maximum Gasteiger partial charge on any atom is 0.104 e. The third-order valence-electron chi connectivity index (χ3n) is 3.24. The van der Waals surface area contributed by atoms with Crippen LogP contribution in [0.4, 0.5) is 5.82 Å². The summed E-state index contributed by atoms with van der Waals surface area (Å²) in [6.45, 7) is 0. The van der Waals surface area contributed by atoms with Crippen LogP contribution >= 0.6 is 0 Å². The summed E-state index contributed by atoms with van der Waals surface area (Å²) in [5.74, 6) is 1.17. The van der Waals surface area contributed by atoms with Crippen molar-refractivity contribution >= 4 is 16.7 Å². The number of fused-ring (bicyclic) bond motifs is 1. The molecule has 1 aliphatic rings. The maximum atomic E-state index is 3.57. The quantitative estimate of drug-likeness (QED) is 0.762. The molecule has 1 aromatic heterocycles. The van der Waals surface area contributed by atoms with Gasteiger partial charge in [0.1, 0.15) is 5.82 Å². The Balaban J connectivity index is 1.84. The van der Waals surface area contributed by atoms with Gasteiger partial charge in [0.25, 0.3) is 0 Å². The van der Waals surface area contributed by atoms with Gasteiger partial charge in [0, 0.05) is 16.9 Å². The van der Waals surface area contributed by atoms with Crippen LogP contribution in [0.2, 0.25) is 0 Å². The molecular formula is C13H16N2. The molecule has 0 bridgehead atoms. The third kappa shape index (κ3) is 1.72. The molecule has 0 saturated heterocycles. The number of rotatable bonds is 2. The zero-order chi connectivity index (χ0) is 10.1. The van der Waals surface area contributed by atoms with Gasteiger partial charge in [-0.1, -0.05) is 31.0 Å². The summed E-state index contributed by atoms with van der Waals surface area (Å²) >= 11 is 0. The van der Waals surface area contributed by atoms with Crippen molar-refractivity contribution < 1.29 is 0 Å². The molecule has 0 amide bonds. The molecule has 2 aromatic rings. The van der Waals surface area contributed by atoms with Gasteiger partial charge in [0.2, 0.25) is 0 Å². The average molecular weight is 200 g/mol. The van der Waals surface area contributed by atoms with Crippen molar-refractivity contribution in [2.24, 2.45) is 0 Å². The summed E-state index contributed by atoms with van der Waals surface area (Å²) in [5.41, 5.74) is 1.22. The molecular weight excluding hydrogens is 184 g/mol. The summed E-state index contributed by atoms with van der Waals surface area (Å²) in [4.78, 5) is 3.41. The molecule has 0 atom stereocenters. The number of H-pyrrole nitrogens is 1. The van der Waals surface area contributed by atoms with Crippen LogP contribution < -0.4 is 5.32 Å². The maximum absolute atomic E-state index is 3.57. The van der Waals surface area contributed by atoms with Gasteiger partial charge < -0.3 is 10.3 Å². The van der Waals surface area contributed by atoms with Gasteiger partial charge in [-0.15, -0.1) is 0 Å². The SMILES string of the molecule is c1ccc2[nH]c(NC3CCCC3)cc2c1. The van der Waals surface area contributed by atoms with Crippen molar-refractivity contribution in [2.45, 2.75) is 31.7 Å². The predicted octanol–water partition coefficient (Wildman–Crippen LogP) is 3.52. The van der Waals surface area contributed by atoms with E-state index >= 15 is 0 Å². The number of aromatic nitrogens is 1. The van der Waals surface area contributed by atoms with E-state index in [0.29, 0.717) is 6.04 Å². The van der Waals surface area contributed by atoms with Crippen LogP contribution in [0.15, 0.2) is 30.3 Å². The fourth-order valence-electron chi connectivity index (χ4n) is 2.44. The minimum absolute atomic E-state index is 0.679. The molecule has 1 fully saturated rings. The van der Waals surface area contributed by atoms with Gasteiger partial charge in [-0.2, -0.15) is 0 Å². The first-order valence-electron chi connectivity index (χ1n) is 5.76. The Labute approximate surface area is 89.7 Å². The van der Waals surface area contributed by atoms with Crippen LogP contribution in [0.3, 0.4) is 0 Å². The minimum Gasteiger partial charge on any atom is -0.369 e. The van der Waals surface area contributed by atoms with Gasteiger partial charge in [0.05, 0.1) is 0 Å². The Bertz CT molecular complexity index is 419. The molecule has 1 aliphatic carbocycles. The summed E-state index contributed by atoms with van der Waals surface area (Å²) in [5, 5.41) is 4.86. The number of aromatic amines is 1. The Kier molecular flexibility index (Phi) is 2.13. The van der Waals surface area contributed by atoms with E-state index in [1.807, 2.05) is 0 Å². The van der Waals surface area contributed by atoms with Gasteiger partial charge in [-0.05, 0) is 25.0 Å². The molecule has 2 N–H and O–H groups in total. The first kappa shape index (κ1) is 8.84. The second-order valence-electron chi connectivity index (χ2n) is 4.40. The van der Waals surface area contributed by atoms with Crippen LogP contribution in [-0.4, -0.2) is 11.0 Å². The van der Waals surface area contributed by atoms with E-state index in [1.165, 1.54) is 42.4 Å². The second-order valence-corrected chi connectivity index (χ2v) is 4.40. The summed E-state index contributed by atoms with van der Waals surface area (Å²) in [6, 6.07) is 11.3. The highest BCUT2D eigenvalue weighted by Gasteiger charge is 2.14. The lowest BCUT2D eigenvalue weighted by Crippen LogP contribution is -2.14. The highest BCUT2D eigenvalue weighted by Crippen LogP contribution is 2.24. The van der Waals surface area contributed by atoms with Crippen LogP contribution in [0.25, 0.3) is 10.9 Å². The Hall–Kier alpha value is -1.44. The van der Waals surface area contributed by atoms with E-state index in [4.69, 9.17) is 0 Å². The zero-order valence-electron chi connectivity index (χ0n) is 8.79. The molecule has 2 heteroatoms. The number of hydrogen-bond acceptors (Lipinski definition) is 1. The number of anilines is 1. The van der Waals surface area contributed by atoms with Crippen molar-refractivity contribution in [3.63, 3.8) is 0 Å². The molecule has 1 heterocycles.